The first-order valence-corrected chi connectivity index (χ1v) is 10.8. The molecule has 0 fully saturated rings. The third-order valence-corrected chi connectivity index (χ3v) is 5.89. The molecule has 2 aromatic heterocycles. The maximum Gasteiger partial charge on any atom is 0.262 e. The van der Waals surface area contributed by atoms with Gasteiger partial charge in [0.05, 0.1) is 18.3 Å². The Balaban J connectivity index is 1.53. The summed E-state index contributed by atoms with van der Waals surface area (Å²) < 4.78 is 7.42. The Kier molecular flexibility index (Phi) is 5.76. The van der Waals surface area contributed by atoms with E-state index >= 15 is 0 Å². The lowest BCUT2D eigenvalue weighted by Gasteiger charge is -2.09. The molecule has 5 heteroatoms. The van der Waals surface area contributed by atoms with Crippen LogP contribution in [0.3, 0.4) is 0 Å². The first kappa shape index (κ1) is 19.4. The number of benzene rings is 2. The van der Waals surface area contributed by atoms with Crippen LogP contribution in [-0.4, -0.2) is 16.2 Å². The number of fused-ring (bicyclic) bond motifs is 1. The average Bonchev–Trinajstić information content (AvgIpc) is 3.18. The van der Waals surface area contributed by atoms with Gasteiger partial charge in [-0.15, -0.1) is 11.3 Å². The summed E-state index contributed by atoms with van der Waals surface area (Å²) in [6.45, 7) is 5.50. The van der Waals surface area contributed by atoms with Crippen LogP contribution in [0.2, 0.25) is 0 Å². The number of hydrogen-bond donors (Lipinski definition) is 0. The van der Waals surface area contributed by atoms with Gasteiger partial charge < -0.3 is 4.74 Å². The van der Waals surface area contributed by atoms with E-state index in [4.69, 9.17) is 4.74 Å². The van der Waals surface area contributed by atoms with E-state index in [0.29, 0.717) is 24.5 Å². The van der Waals surface area contributed by atoms with Crippen molar-refractivity contribution in [2.24, 2.45) is 0 Å². The van der Waals surface area contributed by atoms with Gasteiger partial charge in [0.25, 0.3) is 5.56 Å². The van der Waals surface area contributed by atoms with Crippen molar-refractivity contribution in [3.63, 3.8) is 0 Å². The fourth-order valence-electron chi connectivity index (χ4n) is 3.33. The summed E-state index contributed by atoms with van der Waals surface area (Å²) in [6.07, 6.45) is 2.39. The van der Waals surface area contributed by atoms with Crippen molar-refractivity contribution in [3.8, 4) is 16.9 Å². The second kappa shape index (κ2) is 8.62. The zero-order valence-corrected chi connectivity index (χ0v) is 17.5. The van der Waals surface area contributed by atoms with Crippen LogP contribution in [0.1, 0.15) is 31.7 Å². The van der Waals surface area contributed by atoms with Crippen LogP contribution >= 0.6 is 11.3 Å². The Hall–Kier alpha value is -2.92. The number of hydrogen-bond acceptors (Lipinski definition) is 4. The van der Waals surface area contributed by atoms with E-state index in [1.807, 2.05) is 35.7 Å². The zero-order valence-electron chi connectivity index (χ0n) is 16.7. The molecule has 0 atom stereocenters. The molecule has 2 heterocycles. The molecule has 0 aliphatic rings. The van der Waals surface area contributed by atoms with Crippen LogP contribution in [0.4, 0.5) is 0 Å². The van der Waals surface area contributed by atoms with Crippen LogP contribution in [0.15, 0.2) is 71.1 Å². The first-order chi connectivity index (χ1) is 14.1. The van der Waals surface area contributed by atoms with Gasteiger partial charge in [0.1, 0.15) is 10.6 Å². The van der Waals surface area contributed by atoms with Crippen LogP contribution in [-0.2, 0) is 6.54 Å². The first-order valence-electron chi connectivity index (χ1n) is 9.88. The monoisotopic (exact) mass is 404 g/mol. The predicted octanol–water partition coefficient (Wildman–Crippen LogP) is 5.72. The molecule has 0 N–H and O–H groups in total. The van der Waals surface area contributed by atoms with Crippen molar-refractivity contribution in [3.05, 3.63) is 82.2 Å². The zero-order chi connectivity index (χ0) is 20.2. The number of aryl methyl sites for hydroxylation is 1. The van der Waals surface area contributed by atoms with E-state index in [-0.39, 0.29) is 5.56 Å². The smallest absolute Gasteiger partial charge is 0.262 e. The van der Waals surface area contributed by atoms with E-state index in [2.05, 4.69) is 43.1 Å². The number of rotatable bonds is 7. The Bertz CT molecular complexity index is 1150. The SMILES string of the molecule is CC(C)c1ccc(-c2csc3ncn(CCCOc4ccccc4)c(=O)c23)cc1. The fourth-order valence-corrected chi connectivity index (χ4v) is 4.24. The number of ether oxygens (including phenoxy) is 1. The fraction of sp³-hybridized carbons (Fsp3) is 0.250. The molecule has 0 saturated carbocycles. The summed E-state index contributed by atoms with van der Waals surface area (Å²) >= 11 is 1.52. The van der Waals surface area contributed by atoms with Crippen molar-refractivity contribution in [1.29, 1.82) is 0 Å². The summed E-state index contributed by atoms with van der Waals surface area (Å²) in [5.41, 5.74) is 3.33. The molecule has 0 saturated heterocycles. The summed E-state index contributed by atoms with van der Waals surface area (Å²) in [4.78, 5) is 18.4. The minimum Gasteiger partial charge on any atom is -0.494 e. The minimum absolute atomic E-state index is 0.0129. The number of nitrogens with zero attached hydrogens (tertiary/aromatic N) is 2. The largest absolute Gasteiger partial charge is 0.494 e. The average molecular weight is 405 g/mol. The summed E-state index contributed by atoms with van der Waals surface area (Å²) in [7, 11) is 0. The molecule has 2 aromatic carbocycles. The normalized spacial score (nSPS) is 11.3. The lowest BCUT2D eigenvalue weighted by molar-refractivity contribution is 0.301. The topological polar surface area (TPSA) is 44.1 Å². The van der Waals surface area contributed by atoms with Gasteiger partial charge in [-0.2, -0.15) is 0 Å². The third-order valence-electron chi connectivity index (χ3n) is 5.00. The van der Waals surface area contributed by atoms with E-state index in [9.17, 15) is 4.79 Å². The maximum absolute atomic E-state index is 13.1. The second-order valence-electron chi connectivity index (χ2n) is 7.36. The third kappa shape index (κ3) is 4.25. The molecule has 4 aromatic rings. The van der Waals surface area contributed by atoms with Gasteiger partial charge in [0, 0.05) is 17.5 Å². The molecule has 4 nitrogen and oxygen atoms in total. The molecule has 4 rings (SSSR count). The van der Waals surface area contributed by atoms with Gasteiger partial charge in [-0.1, -0.05) is 56.3 Å². The molecular formula is C24H24N2O2S. The van der Waals surface area contributed by atoms with E-state index in [0.717, 1.165) is 28.1 Å². The van der Waals surface area contributed by atoms with Crippen LogP contribution in [0.5, 0.6) is 5.75 Å². The molecular weight excluding hydrogens is 380 g/mol. The Morgan fingerprint density at radius 3 is 2.55 bits per heavy atom. The lowest BCUT2D eigenvalue weighted by atomic mass is 9.99. The lowest BCUT2D eigenvalue weighted by Crippen LogP contribution is -2.21. The number of aromatic nitrogens is 2. The molecule has 148 valence electrons. The molecule has 0 aliphatic heterocycles. The van der Waals surface area contributed by atoms with Gasteiger partial charge in [-0.25, -0.2) is 4.98 Å². The standard InChI is InChI=1S/C24H24N2O2S/c1-17(2)18-9-11-19(12-10-18)21-15-29-23-22(21)24(27)26(16-25-23)13-6-14-28-20-7-4-3-5-8-20/h3-5,7-12,15-17H,6,13-14H2,1-2H3. The van der Waals surface area contributed by atoms with Crippen molar-refractivity contribution in [1.82, 2.24) is 9.55 Å². The van der Waals surface area contributed by atoms with Crippen molar-refractivity contribution >= 4 is 21.6 Å². The molecule has 0 spiro atoms. The highest BCUT2D eigenvalue weighted by Gasteiger charge is 2.13. The highest BCUT2D eigenvalue weighted by atomic mass is 32.1. The number of thiophene rings is 1. The van der Waals surface area contributed by atoms with Crippen LogP contribution in [0, 0.1) is 0 Å². The van der Waals surface area contributed by atoms with Gasteiger partial charge >= 0.3 is 0 Å². The van der Waals surface area contributed by atoms with Gasteiger partial charge in [-0.3, -0.25) is 9.36 Å². The molecule has 0 amide bonds. The molecule has 0 unspecified atom stereocenters. The van der Waals surface area contributed by atoms with Crippen LogP contribution < -0.4 is 10.3 Å². The summed E-state index contributed by atoms with van der Waals surface area (Å²) in [5, 5.41) is 2.74. The predicted molar refractivity (Wildman–Crippen MR) is 120 cm³/mol. The number of para-hydroxylation sites is 1. The van der Waals surface area contributed by atoms with Crippen molar-refractivity contribution in [2.45, 2.75) is 32.7 Å². The van der Waals surface area contributed by atoms with Gasteiger partial charge in [-0.05, 0) is 35.6 Å². The summed E-state index contributed by atoms with van der Waals surface area (Å²) in [6, 6.07) is 18.2. The molecule has 29 heavy (non-hydrogen) atoms. The molecule has 0 radical (unpaired) electrons. The summed E-state index contributed by atoms with van der Waals surface area (Å²) in [5.74, 6) is 1.33. The van der Waals surface area contributed by atoms with Gasteiger partial charge in [0.15, 0.2) is 0 Å². The maximum atomic E-state index is 13.1. The quantitative estimate of drug-likeness (QED) is 0.370. The highest BCUT2D eigenvalue weighted by Crippen LogP contribution is 2.31. The van der Waals surface area contributed by atoms with Crippen molar-refractivity contribution in [2.75, 3.05) is 6.61 Å². The Morgan fingerprint density at radius 1 is 1.07 bits per heavy atom. The van der Waals surface area contributed by atoms with Crippen LogP contribution in [0.25, 0.3) is 21.3 Å². The minimum atomic E-state index is 0.0129. The molecule has 0 bridgehead atoms. The second-order valence-corrected chi connectivity index (χ2v) is 8.22. The Morgan fingerprint density at radius 2 is 1.83 bits per heavy atom. The highest BCUT2D eigenvalue weighted by molar-refractivity contribution is 7.17. The van der Waals surface area contributed by atoms with Crippen molar-refractivity contribution < 1.29 is 4.74 Å². The van der Waals surface area contributed by atoms with E-state index in [1.54, 1.807) is 10.9 Å². The van der Waals surface area contributed by atoms with Gasteiger partial charge in [0.2, 0.25) is 0 Å². The molecule has 0 aliphatic carbocycles. The van der Waals surface area contributed by atoms with E-state index in [1.165, 1.54) is 16.9 Å². The Labute approximate surface area is 174 Å². The van der Waals surface area contributed by atoms with E-state index < -0.39 is 0 Å².